The maximum atomic E-state index is 13.3. The quantitative estimate of drug-likeness (QED) is 0.679. The zero-order valence-corrected chi connectivity index (χ0v) is 14.0. The third-order valence-electron chi connectivity index (χ3n) is 5.09. The van der Waals surface area contributed by atoms with Crippen molar-refractivity contribution in [1.82, 2.24) is 4.90 Å². The first-order valence-corrected chi connectivity index (χ1v) is 8.34. The van der Waals surface area contributed by atoms with E-state index in [1.165, 1.54) is 10.9 Å². The van der Waals surface area contributed by atoms with E-state index in [-0.39, 0.29) is 17.7 Å². The summed E-state index contributed by atoms with van der Waals surface area (Å²) in [7, 11) is 4.13. The first kappa shape index (κ1) is 15.1. The van der Waals surface area contributed by atoms with Gasteiger partial charge in [-0.25, -0.2) is 0 Å². The first-order chi connectivity index (χ1) is 11.7. The van der Waals surface area contributed by atoms with Crippen LogP contribution in [0.15, 0.2) is 60.7 Å². The van der Waals surface area contributed by atoms with Gasteiger partial charge in [0.1, 0.15) is 0 Å². The monoisotopic (exact) mass is 314 g/mol. The van der Waals surface area contributed by atoms with Gasteiger partial charge >= 0.3 is 0 Å². The Hall–Kier alpha value is -2.45. The Morgan fingerprint density at radius 3 is 2.58 bits per heavy atom. The van der Waals surface area contributed by atoms with Crippen molar-refractivity contribution in [1.29, 1.82) is 0 Å². The van der Waals surface area contributed by atoms with E-state index in [2.05, 4.69) is 43.3 Å². The first-order valence-electron chi connectivity index (χ1n) is 8.34. The second-order valence-corrected chi connectivity index (χ2v) is 6.72. The molecule has 1 aliphatic rings. The Labute approximate surface area is 142 Å². The molecule has 2 heteroatoms. The molecule has 24 heavy (non-hydrogen) atoms. The predicted molar refractivity (Wildman–Crippen MR) is 97.5 cm³/mol. The van der Waals surface area contributed by atoms with Crippen LogP contribution in [0.1, 0.15) is 27.4 Å². The topological polar surface area (TPSA) is 20.3 Å². The number of carbonyl (C=O) groups is 1. The van der Waals surface area contributed by atoms with Crippen LogP contribution < -0.4 is 0 Å². The lowest BCUT2D eigenvalue weighted by Crippen LogP contribution is -2.41. The standard InChI is InChI=1S/C22H20NO/c1-23(2)19-14-17-12-6-10-15-11-7-13-18(20(15)17)21(19)22(24)16-8-4-3-5-9-16/h3-9,11-13,19,21H,14H2,1-2H3. The molecule has 1 radical (unpaired) electrons. The summed E-state index contributed by atoms with van der Waals surface area (Å²) >= 11 is 0. The minimum atomic E-state index is -0.144. The van der Waals surface area contributed by atoms with Crippen molar-refractivity contribution in [2.45, 2.75) is 18.4 Å². The van der Waals surface area contributed by atoms with Gasteiger partial charge in [0, 0.05) is 11.6 Å². The molecule has 2 nitrogen and oxygen atoms in total. The smallest absolute Gasteiger partial charge is 0.171 e. The molecule has 0 heterocycles. The number of likely N-dealkylation sites (N-methyl/N-ethyl adjacent to an activating group) is 1. The molecule has 3 aromatic carbocycles. The number of rotatable bonds is 3. The Morgan fingerprint density at radius 2 is 1.83 bits per heavy atom. The van der Waals surface area contributed by atoms with Crippen molar-refractivity contribution in [2.24, 2.45) is 0 Å². The molecular weight excluding hydrogens is 294 g/mol. The van der Waals surface area contributed by atoms with E-state index >= 15 is 0 Å². The van der Waals surface area contributed by atoms with Crippen LogP contribution in [0.5, 0.6) is 0 Å². The maximum absolute atomic E-state index is 13.3. The molecule has 0 aliphatic heterocycles. The third-order valence-corrected chi connectivity index (χ3v) is 5.09. The fourth-order valence-electron chi connectivity index (χ4n) is 3.92. The highest BCUT2D eigenvalue weighted by atomic mass is 16.1. The van der Waals surface area contributed by atoms with Crippen LogP contribution in [0.4, 0.5) is 0 Å². The normalized spacial score (nSPS) is 19.6. The van der Waals surface area contributed by atoms with Gasteiger partial charge in [0.15, 0.2) is 5.78 Å². The molecule has 0 amide bonds. The molecule has 1 aliphatic carbocycles. The summed E-state index contributed by atoms with van der Waals surface area (Å²) in [6.07, 6.45) is 0.887. The summed E-state index contributed by atoms with van der Waals surface area (Å²) in [4.78, 5) is 15.5. The van der Waals surface area contributed by atoms with Crippen LogP contribution in [0.2, 0.25) is 0 Å². The summed E-state index contributed by atoms with van der Waals surface area (Å²) in [6.45, 7) is 0. The Bertz CT molecular complexity index is 893. The molecule has 0 N–H and O–H groups in total. The number of hydrogen-bond donors (Lipinski definition) is 0. The van der Waals surface area contributed by atoms with Gasteiger partial charge in [0.05, 0.1) is 5.92 Å². The molecule has 4 rings (SSSR count). The maximum Gasteiger partial charge on any atom is 0.171 e. The molecule has 2 unspecified atom stereocenters. The number of nitrogens with zero attached hydrogens (tertiary/aromatic N) is 1. The van der Waals surface area contributed by atoms with Gasteiger partial charge in [0.2, 0.25) is 0 Å². The van der Waals surface area contributed by atoms with Crippen LogP contribution in [-0.4, -0.2) is 30.8 Å². The number of benzene rings is 3. The van der Waals surface area contributed by atoms with E-state index in [4.69, 9.17) is 0 Å². The second-order valence-electron chi connectivity index (χ2n) is 6.72. The number of carbonyl (C=O) groups excluding carboxylic acids is 1. The largest absolute Gasteiger partial charge is 0.305 e. The Morgan fingerprint density at radius 1 is 1.04 bits per heavy atom. The lowest BCUT2D eigenvalue weighted by molar-refractivity contribution is 0.0902. The number of hydrogen-bond acceptors (Lipinski definition) is 2. The highest BCUT2D eigenvalue weighted by molar-refractivity contribution is 6.05. The SMILES string of the molecule is CN(C)C1Cc2cc[c]c3cccc(c23)C1C(=O)c1ccccc1. The summed E-state index contributed by atoms with van der Waals surface area (Å²) in [5.74, 6) is 0.0608. The van der Waals surface area contributed by atoms with Gasteiger partial charge in [-0.3, -0.25) is 4.79 Å². The minimum absolute atomic E-state index is 0.144. The van der Waals surface area contributed by atoms with Gasteiger partial charge in [-0.15, -0.1) is 0 Å². The molecule has 0 spiro atoms. The fraction of sp³-hybridized carbons (Fsp3) is 0.227. The fourth-order valence-corrected chi connectivity index (χ4v) is 3.92. The molecule has 0 aromatic heterocycles. The average molecular weight is 314 g/mol. The van der Waals surface area contributed by atoms with Crippen molar-refractivity contribution < 1.29 is 4.79 Å². The summed E-state index contributed by atoms with van der Waals surface area (Å²) < 4.78 is 0. The van der Waals surface area contributed by atoms with Gasteiger partial charge in [-0.2, -0.15) is 0 Å². The minimum Gasteiger partial charge on any atom is -0.305 e. The van der Waals surface area contributed by atoms with Crippen LogP contribution in [-0.2, 0) is 6.42 Å². The Balaban J connectivity index is 1.93. The molecule has 0 fully saturated rings. The summed E-state index contributed by atoms with van der Waals surface area (Å²) in [6, 6.07) is 23.5. The molecular formula is C22H20NO. The molecule has 0 bridgehead atoms. The van der Waals surface area contributed by atoms with Gasteiger partial charge < -0.3 is 4.90 Å². The van der Waals surface area contributed by atoms with Crippen molar-refractivity contribution >= 4 is 16.6 Å². The van der Waals surface area contributed by atoms with Crippen LogP contribution in [0.25, 0.3) is 10.8 Å². The second kappa shape index (κ2) is 5.88. The highest BCUT2D eigenvalue weighted by Crippen LogP contribution is 2.39. The van der Waals surface area contributed by atoms with E-state index < -0.39 is 0 Å². The van der Waals surface area contributed by atoms with Gasteiger partial charge in [-0.1, -0.05) is 60.7 Å². The predicted octanol–water partition coefficient (Wildman–Crippen LogP) is 4.09. The molecule has 3 aromatic rings. The lowest BCUT2D eigenvalue weighted by atomic mass is 9.74. The number of ketones is 1. The molecule has 119 valence electrons. The van der Waals surface area contributed by atoms with Crippen LogP contribution in [0.3, 0.4) is 0 Å². The van der Waals surface area contributed by atoms with E-state index in [0.717, 1.165) is 22.9 Å². The summed E-state index contributed by atoms with van der Waals surface area (Å²) in [5, 5.41) is 2.32. The molecule has 0 saturated carbocycles. The van der Waals surface area contributed by atoms with Crippen molar-refractivity contribution in [3.8, 4) is 0 Å². The molecule has 0 saturated heterocycles. The van der Waals surface area contributed by atoms with Crippen LogP contribution >= 0.6 is 0 Å². The van der Waals surface area contributed by atoms with E-state index in [0.29, 0.717) is 0 Å². The zero-order valence-electron chi connectivity index (χ0n) is 14.0. The van der Waals surface area contributed by atoms with E-state index in [1.54, 1.807) is 0 Å². The molecule has 2 atom stereocenters. The zero-order chi connectivity index (χ0) is 16.7. The van der Waals surface area contributed by atoms with E-state index in [9.17, 15) is 4.79 Å². The highest BCUT2D eigenvalue weighted by Gasteiger charge is 2.36. The lowest BCUT2D eigenvalue weighted by Gasteiger charge is -2.36. The van der Waals surface area contributed by atoms with Gasteiger partial charge in [-0.05, 0) is 48.5 Å². The third kappa shape index (κ3) is 2.35. The Kier molecular flexibility index (Phi) is 3.70. The average Bonchev–Trinajstić information content (AvgIpc) is 2.62. The van der Waals surface area contributed by atoms with Crippen molar-refractivity contribution in [3.63, 3.8) is 0 Å². The van der Waals surface area contributed by atoms with Crippen molar-refractivity contribution in [3.05, 3.63) is 83.4 Å². The summed E-state index contributed by atoms with van der Waals surface area (Å²) in [5.41, 5.74) is 3.24. The van der Waals surface area contributed by atoms with Crippen LogP contribution in [0, 0.1) is 6.07 Å². The number of Topliss-reactive ketones (excluding diaryl/α,β-unsaturated/α-hetero) is 1. The van der Waals surface area contributed by atoms with Gasteiger partial charge in [0.25, 0.3) is 0 Å². The van der Waals surface area contributed by atoms with Crippen molar-refractivity contribution in [2.75, 3.05) is 14.1 Å². The van der Waals surface area contributed by atoms with E-state index in [1.807, 2.05) is 42.5 Å².